The van der Waals surface area contributed by atoms with Gasteiger partial charge >= 0.3 is 0 Å². The maximum Gasteiger partial charge on any atom is 0.133 e. The van der Waals surface area contributed by atoms with Crippen LogP contribution in [0.2, 0.25) is 0 Å². The highest BCUT2D eigenvalue weighted by atomic mass is 16.5. The predicted molar refractivity (Wildman–Crippen MR) is 67.0 cm³/mol. The molecule has 2 heterocycles. The molecule has 0 radical (unpaired) electrons. The number of aromatic nitrogens is 1. The number of pyridine rings is 1. The Balaban J connectivity index is 1.75. The molecule has 0 spiro atoms. The highest BCUT2D eigenvalue weighted by molar-refractivity contribution is 5.18. The van der Waals surface area contributed by atoms with Crippen molar-refractivity contribution in [2.24, 2.45) is 0 Å². The fraction of sp³-hybridized carbons (Fsp3) is 0.500. The summed E-state index contributed by atoms with van der Waals surface area (Å²) in [5, 5.41) is 9.13. The van der Waals surface area contributed by atoms with E-state index in [9.17, 15) is 0 Å². The molecule has 0 atom stereocenters. The highest BCUT2D eigenvalue weighted by Gasteiger charge is 2.03. The number of aromatic hydroxyl groups is 1. The van der Waals surface area contributed by atoms with Gasteiger partial charge in [0.05, 0.1) is 19.4 Å². The van der Waals surface area contributed by atoms with Crippen LogP contribution >= 0.6 is 0 Å². The maximum absolute atomic E-state index is 9.13. The summed E-state index contributed by atoms with van der Waals surface area (Å²) in [6.45, 7) is 1.73. The maximum atomic E-state index is 9.13. The van der Waals surface area contributed by atoms with E-state index in [2.05, 4.69) is 11.1 Å². The predicted octanol–water partition coefficient (Wildman–Crippen LogP) is 2.85. The second-order valence-electron chi connectivity index (χ2n) is 4.37. The number of hydrogen-bond donors (Lipinski definition) is 1. The van der Waals surface area contributed by atoms with Crippen molar-refractivity contribution in [2.45, 2.75) is 32.1 Å². The van der Waals surface area contributed by atoms with E-state index < -0.39 is 0 Å². The van der Waals surface area contributed by atoms with Gasteiger partial charge in [0.15, 0.2) is 0 Å². The summed E-state index contributed by atoms with van der Waals surface area (Å²) in [7, 11) is 0. The lowest BCUT2D eigenvalue weighted by atomic mass is 10.0. The van der Waals surface area contributed by atoms with Crippen LogP contribution in [-0.4, -0.2) is 23.3 Å². The van der Waals surface area contributed by atoms with Gasteiger partial charge in [-0.15, -0.1) is 0 Å². The lowest BCUT2D eigenvalue weighted by Gasteiger charge is -2.05. The van der Waals surface area contributed by atoms with Crippen molar-refractivity contribution in [1.82, 2.24) is 4.98 Å². The van der Waals surface area contributed by atoms with E-state index >= 15 is 0 Å². The quantitative estimate of drug-likeness (QED) is 0.813. The Morgan fingerprint density at radius 2 is 2.18 bits per heavy atom. The second kappa shape index (κ2) is 6.40. The molecule has 1 N–H and O–H groups in total. The number of nitrogens with zero attached hydrogens (tertiary/aromatic N) is 1. The van der Waals surface area contributed by atoms with E-state index in [4.69, 9.17) is 9.84 Å². The summed E-state index contributed by atoms with van der Waals surface area (Å²) in [6, 6.07) is 3.58. The number of hydrogen-bond acceptors (Lipinski definition) is 3. The molecule has 3 nitrogen and oxygen atoms in total. The first-order valence-electron chi connectivity index (χ1n) is 6.24. The topological polar surface area (TPSA) is 42.4 Å². The van der Waals surface area contributed by atoms with Gasteiger partial charge in [-0.2, -0.15) is 0 Å². The van der Waals surface area contributed by atoms with Gasteiger partial charge in [0, 0.05) is 5.69 Å². The van der Waals surface area contributed by atoms with E-state index in [0.29, 0.717) is 0 Å². The molecule has 1 aromatic heterocycles. The number of aryl methyl sites for hydroxylation is 1. The van der Waals surface area contributed by atoms with E-state index in [1.54, 1.807) is 6.07 Å². The molecule has 2 rings (SSSR count). The molecule has 0 bridgehead atoms. The van der Waals surface area contributed by atoms with Crippen molar-refractivity contribution in [3.8, 4) is 5.75 Å². The van der Waals surface area contributed by atoms with Gasteiger partial charge in [-0.3, -0.25) is 4.98 Å². The zero-order valence-electron chi connectivity index (χ0n) is 10.1. The van der Waals surface area contributed by atoms with Crippen molar-refractivity contribution >= 4 is 0 Å². The van der Waals surface area contributed by atoms with Crippen molar-refractivity contribution in [3.05, 3.63) is 35.7 Å². The minimum absolute atomic E-state index is 0.234. The van der Waals surface area contributed by atoms with Crippen molar-refractivity contribution in [3.63, 3.8) is 0 Å². The Kier molecular flexibility index (Phi) is 4.56. The lowest BCUT2D eigenvalue weighted by Crippen LogP contribution is -1.94. The molecule has 1 aliphatic heterocycles. The van der Waals surface area contributed by atoms with Gasteiger partial charge in [0.2, 0.25) is 0 Å². The van der Waals surface area contributed by atoms with Gasteiger partial charge in [-0.05, 0) is 44.2 Å². The normalized spacial score (nSPS) is 16.4. The van der Waals surface area contributed by atoms with E-state index in [1.807, 2.05) is 6.07 Å². The molecular weight excluding hydrogens is 214 g/mol. The third-order valence-corrected chi connectivity index (χ3v) is 3.00. The van der Waals surface area contributed by atoms with Crippen molar-refractivity contribution < 1.29 is 9.84 Å². The van der Waals surface area contributed by atoms with Crippen molar-refractivity contribution in [2.75, 3.05) is 13.2 Å². The van der Waals surface area contributed by atoms with Crippen LogP contribution < -0.4 is 0 Å². The monoisotopic (exact) mass is 233 g/mol. The lowest BCUT2D eigenvalue weighted by molar-refractivity contribution is 0.146. The molecule has 0 unspecified atom stereocenters. The summed E-state index contributed by atoms with van der Waals surface area (Å²) < 4.78 is 5.41. The second-order valence-corrected chi connectivity index (χ2v) is 4.37. The molecule has 1 aliphatic rings. The van der Waals surface area contributed by atoms with Crippen LogP contribution in [-0.2, 0) is 11.2 Å². The Morgan fingerprint density at radius 1 is 1.24 bits per heavy atom. The summed E-state index contributed by atoms with van der Waals surface area (Å²) in [5.41, 5.74) is 2.56. The SMILES string of the molecule is Oc1ccc(CCCC2=CCCOCC2)nc1. The molecule has 0 saturated carbocycles. The first-order valence-corrected chi connectivity index (χ1v) is 6.24. The third-order valence-electron chi connectivity index (χ3n) is 3.00. The van der Waals surface area contributed by atoms with Gasteiger partial charge in [-0.25, -0.2) is 0 Å². The molecule has 0 aromatic carbocycles. The van der Waals surface area contributed by atoms with Crippen LogP contribution in [0.1, 0.15) is 31.4 Å². The van der Waals surface area contributed by atoms with Gasteiger partial charge < -0.3 is 9.84 Å². The summed E-state index contributed by atoms with van der Waals surface area (Å²) in [6.07, 6.45) is 9.16. The summed E-state index contributed by atoms with van der Waals surface area (Å²) >= 11 is 0. The molecule has 0 fully saturated rings. The average molecular weight is 233 g/mol. The van der Waals surface area contributed by atoms with E-state index in [0.717, 1.165) is 51.0 Å². The molecule has 92 valence electrons. The van der Waals surface area contributed by atoms with Crippen LogP contribution in [0.25, 0.3) is 0 Å². The minimum atomic E-state index is 0.234. The summed E-state index contributed by atoms with van der Waals surface area (Å²) in [5.74, 6) is 0.234. The zero-order chi connectivity index (χ0) is 11.9. The Bertz CT molecular complexity index is 370. The fourth-order valence-corrected chi connectivity index (χ4v) is 2.04. The first-order chi connectivity index (χ1) is 8.34. The Morgan fingerprint density at radius 3 is 3.00 bits per heavy atom. The molecule has 1 aromatic rings. The van der Waals surface area contributed by atoms with Crippen LogP contribution in [0.3, 0.4) is 0 Å². The summed E-state index contributed by atoms with van der Waals surface area (Å²) in [4.78, 5) is 4.19. The fourth-order valence-electron chi connectivity index (χ4n) is 2.04. The van der Waals surface area contributed by atoms with E-state index in [-0.39, 0.29) is 5.75 Å². The standard InChI is InChI=1S/C14H19NO2/c16-14-7-6-13(15-11-14)5-1-3-12-4-2-9-17-10-8-12/h4,6-7,11,16H,1-3,5,8-10H2. The first kappa shape index (κ1) is 12.1. The smallest absolute Gasteiger partial charge is 0.133 e. The molecule has 0 saturated heterocycles. The van der Waals surface area contributed by atoms with Gasteiger partial charge in [0.25, 0.3) is 0 Å². The van der Waals surface area contributed by atoms with Gasteiger partial charge in [-0.1, -0.05) is 11.6 Å². The highest BCUT2D eigenvalue weighted by Crippen LogP contribution is 2.16. The number of ether oxygens (including phenoxy) is 1. The average Bonchev–Trinajstić information content (AvgIpc) is 2.60. The number of rotatable bonds is 4. The van der Waals surface area contributed by atoms with Crippen LogP contribution in [0.5, 0.6) is 5.75 Å². The molecule has 3 heteroatoms. The van der Waals surface area contributed by atoms with Crippen molar-refractivity contribution in [1.29, 1.82) is 0 Å². The van der Waals surface area contributed by atoms with Crippen LogP contribution in [0.4, 0.5) is 0 Å². The molecular formula is C14H19NO2. The zero-order valence-corrected chi connectivity index (χ0v) is 10.1. The van der Waals surface area contributed by atoms with Gasteiger partial charge in [0.1, 0.15) is 5.75 Å². The molecule has 0 amide bonds. The van der Waals surface area contributed by atoms with Crippen LogP contribution in [0.15, 0.2) is 30.0 Å². The molecule has 17 heavy (non-hydrogen) atoms. The van der Waals surface area contributed by atoms with E-state index in [1.165, 1.54) is 11.8 Å². The Hall–Kier alpha value is -1.35. The third kappa shape index (κ3) is 4.19. The molecule has 0 aliphatic carbocycles. The minimum Gasteiger partial charge on any atom is -0.506 e. The largest absolute Gasteiger partial charge is 0.506 e. The van der Waals surface area contributed by atoms with Crippen LogP contribution in [0, 0.1) is 0 Å². The Labute approximate surface area is 102 Å².